The number of nitriles is 1. The molecule has 0 radical (unpaired) electrons. The zero-order valence-corrected chi connectivity index (χ0v) is 14.2. The lowest BCUT2D eigenvalue weighted by Crippen LogP contribution is -2.29. The second-order valence-corrected chi connectivity index (χ2v) is 6.19. The van der Waals surface area contributed by atoms with Crippen molar-refractivity contribution in [3.8, 4) is 6.07 Å². The number of benzene rings is 2. The van der Waals surface area contributed by atoms with Crippen molar-refractivity contribution in [2.24, 2.45) is 0 Å². The summed E-state index contributed by atoms with van der Waals surface area (Å²) in [6.07, 6.45) is 3.82. The molecule has 1 aliphatic rings. The molecule has 2 aromatic carbocycles. The summed E-state index contributed by atoms with van der Waals surface area (Å²) >= 11 is 0. The Hall–Kier alpha value is -3.00. The third-order valence-electron chi connectivity index (χ3n) is 4.34. The molecule has 1 amide bonds. The first kappa shape index (κ1) is 16.8. The van der Waals surface area contributed by atoms with E-state index in [1.807, 2.05) is 12.1 Å². The van der Waals surface area contributed by atoms with Crippen LogP contribution < -0.4 is 15.5 Å². The predicted molar refractivity (Wildman–Crippen MR) is 101 cm³/mol. The van der Waals surface area contributed by atoms with Crippen molar-refractivity contribution >= 4 is 23.0 Å². The fourth-order valence-corrected chi connectivity index (χ4v) is 2.96. The summed E-state index contributed by atoms with van der Waals surface area (Å²) in [6.45, 7) is 2.40. The maximum atomic E-state index is 12.1. The summed E-state index contributed by atoms with van der Waals surface area (Å²) in [5.41, 5.74) is 3.43. The Morgan fingerprint density at radius 1 is 0.960 bits per heavy atom. The van der Waals surface area contributed by atoms with Crippen LogP contribution in [0.3, 0.4) is 0 Å². The Labute approximate surface area is 148 Å². The van der Waals surface area contributed by atoms with Gasteiger partial charge in [-0.3, -0.25) is 4.79 Å². The standard InChI is InChI=1S/C20H22N4O/c21-14-16-4-6-17(7-5-16)22-15-20(25)23-18-8-10-19(11-9-18)24-12-2-1-3-13-24/h4-11,22H,1-3,12-13,15H2,(H,23,25). The highest BCUT2D eigenvalue weighted by Crippen LogP contribution is 2.21. The highest BCUT2D eigenvalue weighted by molar-refractivity contribution is 5.93. The zero-order chi connectivity index (χ0) is 17.5. The highest BCUT2D eigenvalue weighted by atomic mass is 16.1. The lowest BCUT2D eigenvalue weighted by molar-refractivity contribution is -0.114. The van der Waals surface area contributed by atoms with Gasteiger partial charge in [-0.05, 0) is 67.8 Å². The van der Waals surface area contributed by atoms with E-state index < -0.39 is 0 Å². The first-order valence-corrected chi connectivity index (χ1v) is 8.63. The minimum atomic E-state index is -0.102. The molecular formula is C20H22N4O. The van der Waals surface area contributed by atoms with Gasteiger partial charge in [0.05, 0.1) is 18.2 Å². The van der Waals surface area contributed by atoms with Crippen molar-refractivity contribution in [2.75, 3.05) is 35.2 Å². The molecule has 5 heteroatoms. The van der Waals surface area contributed by atoms with E-state index in [9.17, 15) is 4.79 Å². The van der Waals surface area contributed by atoms with Crippen LogP contribution in [0.5, 0.6) is 0 Å². The molecule has 1 aliphatic heterocycles. The first-order chi connectivity index (χ1) is 12.2. The summed E-state index contributed by atoms with van der Waals surface area (Å²) in [6, 6.07) is 17.1. The predicted octanol–water partition coefficient (Wildman–Crippen LogP) is 3.60. The number of hydrogen-bond acceptors (Lipinski definition) is 4. The van der Waals surface area contributed by atoms with Gasteiger partial charge in [0.2, 0.25) is 5.91 Å². The van der Waals surface area contributed by atoms with Crippen molar-refractivity contribution < 1.29 is 4.79 Å². The van der Waals surface area contributed by atoms with Gasteiger partial charge >= 0.3 is 0 Å². The molecule has 25 heavy (non-hydrogen) atoms. The van der Waals surface area contributed by atoms with Crippen LogP contribution in [0.4, 0.5) is 17.1 Å². The number of anilines is 3. The van der Waals surface area contributed by atoms with Crippen molar-refractivity contribution in [3.63, 3.8) is 0 Å². The number of rotatable bonds is 5. The third kappa shape index (κ3) is 4.74. The van der Waals surface area contributed by atoms with E-state index in [4.69, 9.17) is 5.26 Å². The average molecular weight is 334 g/mol. The minimum absolute atomic E-state index is 0.102. The Balaban J connectivity index is 1.49. The van der Waals surface area contributed by atoms with Crippen molar-refractivity contribution in [3.05, 3.63) is 54.1 Å². The molecule has 0 saturated carbocycles. The van der Waals surface area contributed by atoms with E-state index in [2.05, 4.69) is 33.7 Å². The second kappa shape index (κ2) is 8.20. The van der Waals surface area contributed by atoms with Crippen molar-refractivity contribution in [2.45, 2.75) is 19.3 Å². The molecule has 0 spiro atoms. The van der Waals surface area contributed by atoms with Crippen LogP contribution in [-0.4, -0.2) is 25.5 Å². The summed E-state index contributed by atoms with van der Waals surface area (Å²) < 4.78 is 0. The molecule has 0 aromatic heterocycles. The third-order valence-corrected chi connectivity index (χ3v) is 4.34. The number of carbonyl (C=O) groups excluding carboxylic acids is 1. The Kier molecular flexibility index (Phi) is 5.53. The maximum absolute atomic E-state index is 12.1. The zero-order valence-electron chi connectivity index (χ0n) is 14.2. The second-order valence-electron chi connectivity index (χ2n) is 6.19. The fourth-order valence-electron chi connectivity index (χ4n) is 2.96. The van der Waals surface area contributed by atoms with E-state index in [-0.39, 0.29) is 12.5 Å². The van der Waals surface area contributed by atoms with Gasteiger partial charge in [0, 0.05) is 30.2 Å². The van der Waals surface area contributed by atoms with Gasteiger partial charge in [0.15, 0.2) is 0 Å². The van der Waals surface area contributed by atoms with E-state index in [1.165, 1.54) is 24.9 Å². The van der Waals surface area contributed by atoms with Gasteiger partial charge < -0.3 is 15.5 Å². The molecule has 1 saturated heterocycles. The Morgan fingerprint density at radius 3 is 2.24 bits per heavy atom. The van der Waals surface area contributed by atoms with Crippen LogP contribution in [0, 0.1) is 11.3 Å². The molecule has 5 nitrogen and oxygen atoms in total. The molecular weight excluding hydrogens is 312 g/mol. The van der Waals surface area contributed by atoms with Crippen LogP contribution in [0.1, 0.15) is 24.8 Å². The quantitative estimate of drug-likeness (QED) is 0.877. The lowest BCUT2D eigenvalue weighted by Gasteiger charge is -2.28. The lowest BCUT2D eigenvalue weighted by atomic mass is 10.1. The summed E-state index contributed by atoms with van der Waals surface area (Å²) in [5.74, 6) is -0.102. The smallest absolute Gasteiger partial charge is 0.243 e. The Morgan fingerprint density at radius 2 is 1.60 bits per heavy atom. The van der Waals surface area contributed by atoms with Crippen LogP contribution >= 0.6 is 0 Å². The number of piperidine rings is 1. The molecule has 128 valence electrons. The van der Waals surface area contributed by atoms with Gasteiger partial charge in [-0.1, -0.05) is 0 Å². The normalized spacial score (nSPS) is 13.8. The number of nitrogens with one attached hydrogen (secondary N) is 2. The summed E-state index contributed by atoms with van der Waals surface area (Å²) in [5, 5.41) is 14.7. The fraction of sp³-hybridized carbons (Fsp3) is 0.300. The molecule has 0 bridgehead atoms. The highest BCUT2D eigenvalue weighted by Gasteiger charge is 2.10. The number of amides is 1. The molecule has 0 aliphatic carbocycles. The molecule has 2 aromatic rings. The van der Waals surface area contributed by atoms with Crippen LogP contribution in [0.15, 0.2) is 48.5 Å². The van der Waals surface area contributed by atoms with E-state index in [0.29, 0.717) is 5.56 Å². The van der Waals surface area contributed by atoms with Crippen molar-refractivity contribution in [1.29, 1.82) is 5.26 Å². The number of carbonyl (C=O) groups is 1. The van der Waals surface area contributed by atoms with Crippen LogP contribution in [-0.2, 0) is 4.79 Å². The van der Waals surface area contributed by atoms with Gasteiger partial charge in [-0.2, -0.15) is 5.26 Å². The van der Waals surface area contributed by atoms with Crippen molar-refractivity contribution in [1.82, 2.24) is 0 Å². The molecule has 2 N–H and O–H groups in total. The molecule has 0 unspecified atom stereocenters. The van der Waals surface area contributed by atoms with E-state index in [0.717, 1.165) is 24.5 Å². The largest absolute Gasteiger partial charge is 0.376 e. The van der Waals surface area contributed by atoms with Gasteiger partial charge in [0.1, 0.15) is 0 Å². The first-order valence-electron chi connectivity index (χ1n) is 8.63. The maximum Gasteiger partial charge on any atom is 0.243 e. The number of nitrogens with zero attached hydrogens (tertiary/aromatic N) is 2. The molecule has 1 fully saturated rings. The minimum Gasteiger partial charge on any atom is -0.376 e. The van der Waals surface area contributed by atoms with Crippen LogP contribution in [0.2, 0.25) is 0 Å². The SMILES string of the molecule is N#Cc1ccc(NCC(=O)Nc2ccc(N3CCCCC3)cc2)cc1. The van der Waals surface area contributed by atoms with Gasteiger partial charge in [0.25, 0.3) is 0 Å². The van der Waals surface area contributed by atoms with E-state index in [1.54, 1.807) is 24.3 Å². The molecule has 1 heterocycles. The summed E-state index contributed by atoms with van der Waals surface area (Å²) in [4.78, 5) is 14.4. The topological polar surface area (TPSA) is 68.2 Å². The van der Waals surface area contributed by atoms with Crippen LogP contribution in [0.25, 0.3) is 0 Å². The molecule has 3 rings (SSSR count). The van der Waals surface area contributed by atoms with E-state index >= 15 is 0 Å². The molecule has 0 atom stereocenters. The number of hydrogen-bond donors (Lipinski definition) is 2. The average Bonchev–Trinajstić information content (AvgIpc) is 2.68. The van der Waals surface area contributed by atoms with Gasteiger partial charge in [-0.25, -0.2) is 0 Å². The van der Waals surface area contributed by atoms with Gasteiger partial charge in [-0.15, -0.1) is 0 Å². The Bertz CT molecular complexity index is 741. The monoisotopic (exact) mass is 334 g/mol. The summed E-state index contributed by atoms with van der Waals surface area (Å²) in [7, 11) is 0.